The number of nitrogens with two attached hydrogens (primary N) is 1. The van der Waals surface area contributed by atoms with Gasteiger partial charge >= 0.3 is 0 Å². The minimum Gasteiger partial charge on any atom is -0.455 e. The number of furan rings is 1. The summed E-state index contributed by atoms with van der Waals surface area (Å²) in [5, 5.41) is 5.09. The number of nitrogens with zero attached hydrogens (tertiary/aromatic N) is 3. The smallest absolute Gasteiger partial charge is 0.221 e. The van der Waals surface area contributed by atoms with Gasteiger partial charge in [-0.15, -0.1) is 0 Å². The van der Waals surface area contributed by atoms with Crippen molar-refractivity contribution >= 4 is 39.7 Å². The topological polar surface area (TPSA) is 69.3 Å². The maximum atomic E-state index is 6.04. The van der Waals surface area contributed by atoms with Crippen molar-refractivity contribution in [3.63, 3.8) is 0 Å². The molecule has 0 saturated carbocycles. The molecule has 27 heavy (non-hydrogen) atoms. The summed E-state index contributed by atoms with van der Waals surface area (Å²) in [6.45, 7) is 0. The van der Waals surface area contributed by atoms with Crippen molar-refractivity contribution in [2.45, 2.75) is 0 Å². The number of hydrogen-bond donors (Lipinski definition) is 1. The summed E-state index contributed by atoms with van der Waals surface area (Å²) in [6, 6.07) is 19.0. The number of halogens is 2. The van der Waals surface area contributed by atoms with Gasteiger partial charge in [-0.3, -0.25) is 0 Å². The number of aromatic nitrogens is 2. The Balaban J connectivity index is 1.63. The predicted molar refractivity (Wildman–Crippen MR) is 112 cm³/mol. The van der Waals surface area contributed by atoms with E-state index in [1.807, 2.05) is 60.7 Å². The summed E-state index contributed by atoms with van der Waals surface area (Å²) in [5.74, 6) is 1.61. The Kier molecular flexibility index (Phi) is 4.83. The van der Waals surface area contributed by atoms with Crippen molar-refractivity contribution in [3.05, 3.63) is 82.1 Å². The average Bonchev–Trinajstić information content (AvgIpc) is 3.28. The van der Waals surface area contributed by atoms with Crippen LogP contribution in [0.25, 0.3) is 22.6 Å². The molecule has 0 radical (unpaired) electrons. The number of hydrogen-bond acceptors (Lipinski definition) is 4. The first kappa shape index (κ1) is 17.6. The van der Waals surface area contributed by atoms with Crippen LogP contribution in [0.1, 0.15) is 5.76 Å². The van der Waals surface area contributed by atoms with Gasteiger partial charge < -0.3 is 10.2 Å². The van der Waals surface area contributed by atoms with Crippen molar-refractivity contribution in [1.82, 2.24) is 9.66 Å². The lowest BCUT2D eigenvalue weighted by atomic mass is 10.2. The molecule has 4 aromatic rings. The van der Waals surface area contributed by atoms with Gasteiger partial charge in [0.1, 0.15) is 11.5 Å². The molecule has 0 fully saturated rings. The van der Waals surface area contributed by atoms with Crippen LogP contribution in [0.3, 0.4) is 0 Å². The monoisotopic (exact) mass is 440 g/mol. The molecule has 0 bridgehead atoms. The lowest BCUT2D eigenvalue weighted by molar-refractivity contribution is 0.574. The maximum Gasteiger partial charge on any atom is 0.221 e. The van der Waals surface area contributed by atoms with E-state index in [1.54, 1.807) is 17.1 Å². The molecule has 0 unspecified atom stereocenters. The summed E-state index contributed by atoms with van der Waals surface area (Å²) < 4.78 is 8.41. The fraction of sp³-hybridized carbons (Fsp3) is 0. The summed E-state index contributed by atoms with van der Waals surface area (Å²) in [4.78, 5) is 4.16. The highest BCUT2D eigenvalue weighted by Crippen LogP contribution is 2.26. The van der Waals surface area contributed by atoms with E-state index in [1.165, 1.54) is 0 Å². The van der Waals surface area contributed by atoms with Gasteiger partial charge in [0.15, 0.2) is 0 Å². The van der Waals surface area contributed by atoms with Gasteiger partial charge in [-0.25, -0.2) is 4.98 Å². The van der Waals surface area contributed by atoms with Gasteiger partial charge in [0.2, 0.25) is 5.95 Å². The van der Waals surface area contributed by atoms with Crippen LogP contribution in [-0.4, -0.2) is 15.9 Å². The molecule has 0 atom stereocenters. The zero-order valence-electron chi connectivity index (χ0n) is 14.0. The molecule has 134 valence electrons. The highest BCUT2D eigenvalue weighted by atomic mass is 79.9. The molecule has 2 heterocycles. The number of benzene rings is 2. The Morgan fingerprint density at radius 2 is 1.89 bits per heavy atom. The van der Waals surface area contributed by atoms with Crippen LogP contribution >= 0.6 is 27.5 Å². The minimum atomic E-state index is 0.297. The molecule has 5 nitrogen and oxygen atoms in total. The zero-order valence-corrected chi connectivity index (χ0v) is 16.4. The van der Waals surface area contributed by atoms with Crippen LogP contribution in [0.2, 0.25) is 5.02 Å². The molecule has 0 aliphatic heterocycles. The van der Waals surface area contributed by atoms with Crippen LogP contribution in [-0.2, 0) is 0 Å². The van der Waals surface area contributed by atoms with Crippen LogP contribution in [0.5, 0.6) is 0 Å². The molecular weight excluding hydrogens is 428 g/mol. The normalized spacial score (nSPS) is 11.3. The Morgan fingerprint density at radius 3 is 2.67 bits per heavy atom. The third-order valence-corrected chi connectivity index (χ3v) is 4.70. The summed E-state index contributed by atoms with van der Waals surface area (Å²) in [6.07, 6.45) is 3.30. The van der Waals surface area contributed by atoms with Crippen molar-refractivity contribution in [3.8, 4) is 22.6 Å². The van der Waals surface area contributed by atoms with Gasteiger partial charge in [-0.05, 0) is 36.4 Å². The van der Waals surface area contributed by atoms with Crippen LogP contribution < -0.4 is 5.73 Å². The summed E-state index contributed by atoms with van der Waals surface area (Å²) >= 11 is 9.47. The Hall–Kier alpha value is -2.83. The minimum absolute atomic E-state index is 0.297. The predicted octanol–water partition coefficient (Wildman–Crippen LogP) is 5.69. The molecule has 0 aliphatic rings. The van der Waals surface area contributed by atoms with E-state index in [2.05, 4.69) is 26.0 Å². The maximum absolute atomic E-state index is 6.04. The van der Waals surface area contributed by atoms with E-state index in [0.717, 1.165) is 21.3 Å². The molecular formula is C20H14BrClN4O. The van der Waals surface area contributed by atoms with Gasteiger partial charge in [0.25, 0.3) is 0 Å². The van der Waals surface area contributed by atoms with Crippen LogP contribution in [0, 0.1) is 0 Å². The summed E-state index contributed by atoms with van der Waals surface area (Å²) in [5.41, 5.74) is 8.62. The number of rotatable bonds is 4. The quantitative estimate of drug-likeness (QED) is 0.414. The zero-order chi connectivity index (χ0) is 18.8. The first-order valence-corrected chi connectivity index (χ1v) is 9.26. The number of imidazole rings is 1. The molecule has 0 aliphatic carbocycles. The molecule has 0 saturated heterocycles. The second kappa shape index (κ2) is 7.42. The van der Waals surface area contributed by atoms with Crippen molar-refractivity contribution < 1.29 is 4.42 Å². The fourth-order valence-electron chi connectivity index (χ4n) is 2.63. The second-order valence-electron chi connectivity index (χ2n) is 5.78. The first-order chi connectivity index (χ1) is 13.1. The lowest BCUT2D eigenvalue weighted by Crippen LogP contribution is -1.99. The van der Waals surface area contributed by atoms with E-state index in [0.29, 0.717) is 22.5 Å². The van der Waals surface area contributed by atoms with E-state index < -0.39 is 0 Å². The van der Waals surface area contributed by atoms with Gasteiger partial charge in [-0.1, -0.05) is 51.8 Å². The van der Waals surface area contributed by atoms with E-state index in [-0.39, 0.29) is 0 Å². The number of anilines is 1. The highest BCUT2D eigenvalue weighted by molar-refractivity contribution is 9.10. The van der Waals surface area contributed by atoms with E-state index in [9.17, 15) is 0 Å². The SMILES string of the molecule is Nc1ncc(-c2ccc(Br)cc2)n1N=Cc1ccc(-c2cccc(Cl)c2)o1. The molecule has 2 aromatic carbocycles. The fourth-order valence-corrected chi connectivity index (χ4v) is 3.09. The standard InChI is InChI=1S/C20H14BrClN4O/c21-15-6-4-13(5-7-15)18-12-24-20(23)26(18)25-11-17-8-9-19(27-17)14-2-1-3-16(22)10-14/h1-12H,(H2,23,24). The van der Waals surface area contributed by atoms with Crippen molar-refractivity contribution in [1.29, 1.82) is 0 Å². The van der Waals surface area contributed by atoms with Gasteiger partial charge in [-0.2, -0.15) is 9.78 Å². The molecule has 2 aromatic heterocycles. The molecule has 0 amide bonds. The third kappa shape index (κ3) is 3.82. The van der Waals surface area contributed by atoms with Crippen molar-refractivity contribution in [2.24, 2.45) is 5.10 Å². The van der Waals surface area contributed by atoms with Gasteiger partial charge in [0.05, 0.1) is 18.1 Å². The Morgan fingerprint density at radius 1 is 1.07 bits per heavy atom. The average molecular weight is 442 g/mol. The van der Waals surface area contributed by atoms with Crippen LogP contribution in [0.15, 0.2) is 80.9 Å². The third-order valence-electron chi connectivity index (χ3n) is 3.94. The molecule has 2 N–H and O–H groups in total. The molecule has 0 spiro atoms. The van der Waals surface area contributed by atoms with Crippen LogP contribution in [0.4, 0.5) is 5.95 Å². The van der Waals surface area contributed by atoms with Crippen molar-refractivity contribution in [2.75, 3.05) is 5.73 Å². The number of nitrogen functional groups attached to an aromatic ring is 1. The highest BCUT2D eigenvalue weighted by Gasteiger charge is 2.09. The summed E-state index contributed by atoms with van der Waals surface area (Å²) in [7, 11) is 0. The van der Waals surface area contributed by atoms with Gasteiger partial charge in [0, 0.05) is 20.6 Å². The lowest BCUT2D eigenvalue weighted by Gasteiger charge is -2.04. The van der Waals surface area contributed by atoms with E-state index >= 15 is 0 Å². The largest absolute Gasteiger partial charge is 0.455 e. The molecule has 7 heteroatoms. The first-order valence-electron chi connectivity index (χ1n) is 8.09. The Labute approximate surface area is 169 Å². The van der Waals surface area contributed by atoms with E-state index in [4.69, 9.17) is 21.8 Å². The Bertz CT molecular complexity index is 1120. The second-order valence-corrected chi connectivity index (χ2v) is 7.13. The molecule has 4 rings (SSSR count).